The van der Waals surface area contributed by atoms with Crippen LogP contribution >= 0.6 is 22.7 Å². The third kappa shape index (κ3) is 2.57. The number of hydrogen-bond donors (Lipinski definition) is 0. The molecule has 0 saturated carbocycles. The summed E-state index contributed by atoms with van der Waals surface area (Å²) in [6, 6.07) is 13.8. The van der Waals surface area contributed by atoms with E-state index >= 15 is 0 Å². The number of nitro groups is 1. The topological polar surface area (TPSA) is 43.1 Å². The Morgan fingerprint density at radius 2 is 1.85 bits per heavy atom. The van der Waals surface area contributed by atoms with Crippen LogP contribution in [0.25, 0.3) is 37.4 Å². The van der Waals surface area contributed by atoms with E-state index < -0.39 is 0 Å². The fraction of sp³-hybridized carbons (Fsp3) is 0.0476. The van der Waals surface area contributed by atoms with Crippen molar-refractivity contribution in [1.82, 2.24) is 0 Å². The minimum Gasteiger partial charge on any atom is -0.258 e. The third-order valence-electron chi connectivity index (χ3n) is 4.40. The second-order valence-electron chi connectivity index (χ2n) is 5.90. The highest BCUT2D eigenvalue weighted by Crippen LogP contribution is 2.48. The summed E-state index contributed by atoms with van der Waals surface area (Å²) in [6.45, 7) is 5.82. The van der Waals surface area contributed by atoms with Crippen molar-refractivity contribution in [3.05, 3.63) is 81.8 Å². The van der Waals surface area contributed by atoms with Crippen molar-refractivity contribution >= 4 is 53.9 Å². The van der Waals surface area contributed by atoms with Crippen LogP contribution in [0.4, 0.5) is 5.00 Å². The first-order valence-corrected chi connectivity index (χ1v) is 9.72. The Bertz CT molecular complexity index is 1200. The van der Waals surface area contributed by atoms with Crippen LogP contribution in [0.3, 0.4) is 0 Å². The zero-order valence-corrected chi connectivity index (χ0v) is 15.7. The lowest BCUT2D eigenvalue weighted by atomic mass is 10.0. The summed E-state index contributed by atoms with van der Waals surface area (Å²) in [5.41, 5.74) is 2.84. The van der Waals surface area contributed by atoms with E-state index in [2.05, 4.69) is 19.6 Å². The highest BCUT2D eigenvalue weighted by atomic mass is 32.1. The lowest BCUT2D eigenvalue weighted by molar-refractivity contribution is -0.379. The smallest absolute Gasteiger partial charge is 0.258 e. The minimum absolute atomic E-state index is 0.202. The van der Waals surface area contributed by atoms with Crippen molar-refractivity contribution in [1.29, 1.82) is 0 Å². The molecule has 2 aromatic carbocycles. The van der Waals surface area contributed by atoms with Gasteiger partial charge in [-0.25, -0.2) is 0 Å². The highest BCUT2D eigenvalue weighted by Gasteiger charge is 2.25. The molecule has 0 bridgehead atoms. The number of thiophene rings is 2. The van der Waals surface area contributed by atoms with Crippen LogP contribution in [0.2, 0.25) is 0 Å². The number of fused-ring (bicyclic) bond motifs is 2. The second-order valence-corrected chi connectivity index (χ2v) is 7.99. The van der Waals surface area contributed by atoms with Crippen LogP contribution in [0.1, 0.15) is 10.4 Å². The number of hydrogen-bond acceptors (Lipinski definition) is 4. The van der Waals surface area contributed by atoms with Crippen molar-refractivity contribution < 1.29 is 4.92 Å². The molecule has 0 atom stereocenters. The Hall–Kier alpha value is -2.76. The lowest BCUT2D eigenvalue weighted by Crippen LogP contribution is -1.87. The van der Waals surface area contributed by atoms with E-state index in [0.29, 0.717) is 0 Å². The maximum atomic E-state index is 11.7. The summed E-state index contributed by atoms with van der Waals surface area (Å²) in [6.07, 6.45) is 5.71. The largest absolute Gasteiger partial charge is 0.333 e. The van der Waals surface area contributed by atoms with Gasteiger partial charge >= 0.3 is 5.00 Å². The fourth-order valence-corrected chi connectivity index (χ4v) is 5.47. The fourth-order valence-electron chi connectivity index (χ4n) is 3.19. The molecule has 4 aromatic rings. The lowest BCUT2D eigenvalue weighted by Gasteiger charge is -2.02. The number of aryl methyl sites for hydroxylation is 1. The molecule has 0 fully saturated rings. The molecule has 26 heavy (non-hydrogen) atoms. The zero-order valence-electron chi connectivity index (χ0n) is 14.1. The van der Waals surface area contributed by atoms with Gasteiger partial charge in [0.05, 0.1) is 10.5 Å². The van der Waals surface area contributed by atoms with Crippen molar-refractivity contribution in [2.75, 3.05) is 0 Å². The van der Waals surface area contributed by atoms with Crippen molar-refractivity contribution in [3.8, 4) is 11.1 Å². The zero-order chi connectivity index (χ0) is 18.3. The first kappa shape index (κ1) is 16.7. The van der Waals surface area contributed by atoms with E-state index in [1.807, 2.05) is 48.6 Å². The van der Waals surface area contributed by atoms with E-state index in [0.717, 1.165) is 36.2 Å². The SMILES string of the molecule is C=C/C=C\c1sc2c(-c3c([N+](=O)[O-])sc4ccccc34)cccc2c1C. The van der Waals surface area contributed by atoms with Gasteiger partial charge in [0.1, 0.15) is 0 Å². The Morgan fingerprint density at radius 3 is 2.62 bits per heavy atom. The van der Waals surface area contributed by atoms with Gasteiger partial charge in [-0.05, 0) is 30.0 Å². The average molecular weight is 377 g/mol. The van der Waals surface area contributed by atoms with Gasteiger partial charge in [-0.1, -0.05) is 66.5 Å². The van der Waals surface area contributed by atoms with Gasteiger partial charge < -0.3 is 0 Å². The summed E-state index contributed by atoms with van der Waals surface area (Å²) < 4.78 is 2.02. The first-order chi connectivity index (χ1) is 12.6. The monoisotopic (exact) mass is 377 g/mol. The molecule has 0 saturated heterocycles. The van der Waals surface area contributed by atoms with Crippen LogP contribution in [-0.2, 0) is 0 Å². The molecule has 0 aliphatic rings. The molecule has 0 N–H and O–H groups in total. The highest BCUT2D eigenvalue weighted by molar-refractivity contribution is 7.23. The molecule has 0 aliphatic heterocycles. The van der Waals surface area contributed by atoms with Crippen molar-refractivity contribution in [2.24, 2.45) is 0 Å². The summed E-state index contributed by atoms with van der Waals surface area (Å²) in [5, 5.41) is 14.0. The molecule has 4 rings (SSSR count). The first-order valence-electron chi connectivity index (χ1n) is 8.09. The van der Waals surface area contributed by atoms with Gasteiger partial charge in [-0.15, -0.1) is 11.3 Å². The van der Waals surface area contributed by atoms with Gasteiger partial charge in [0.2, 0.25) is 0 Å². The molecule has 0 aliphatic carbocycles. The predicted molar refractivity (Wildman–Crippen MR) is 113 cm³/mol. The molecular weight excluding hydrogens is 362 g/mol. The molecule has 128 valence electrons. The van der Waals surface area contributed by atoms with Gasteiger partial charge in [0.25, 0.3) is 0 Å². The van der Waals surface area contributed by atoms with E-state index in [4.69, 9.17) is 0 Å². The van der Waals surface area contributed by atoms with E-state index in [-0.39, 0.29) is 9.92 Å². The van der Waals surface area contributed by atoms with Gasteiger partial charge in [0.15, 0.2) is 0 Å². The summed E-state index contributed by atoms with van der Waals surface area (Å²) in [4.78, 5) is 12.6. The van der Waals surface area contributed by atoms with Crippen LogP contribution < -0.4 is 0 Å². The maximum absolute atomic E-state index is 11.7. The van der Waals surface area contributed by atoms with Crippen molar-refractivity contribution in [2.45, 2.75) is 6.92 Å². The molecule has 2 heterocycles. The molecule has 5 heteroatoms. The number of nitrogens with zero attached hydrogens (tertiary/aromatic N) is 1. The molecular formula is C21H15NO2S2. The minimum atomic E-state index is -0.266. The summed E-state index contributed by atoms with van der Waals surface area (Å²) in [5.74, 6) is 0. The summed E-state index contributed by atoms with van der Waals surface area (Å²) >= 11 is 2.90. The Kier molecular flexibility index (Phi) is 4.18. The molecule has 0 radical (unpaired) electrons. The number of benzene rings is 2. The molecule has 0 spiro atoms. The number of rotatable bonds is 4. The van der Waals surface area contributed by atoms with E-state index in [9.17, 15) is 10.1 Å². The predicted octanol–water partition coefficient (Wildman–Crippen LogP) is 7.20. The molecule has 0 amide bonds. The standard InChI is InChI=1S/C21H15NO2S2/c1-3-4-11-17-13(2)14-9-7-10-16(20(14)25-17)19-15-8-5-6-12-18(15)26-21(19)22(23)24/h3-12H,1H2,2H3/b11-4-. The Labute approximate surface area is 158 Å². The molecule has 2 aromatic heterocycles. The normalized spacial score (nSPS) is 11.6. The third-order valence-corrected chi connectivity index (χ3v) is 6.82. The quantitative estimate of drug-likeness (QED) is 0.214. The number of allylic oxidation sites excluding steroid dienone is 2. The molecule has 0 unspecified atom stereocenters. The molecule has 3 nitrogen and oxygen atoms in total. The van der Waals surface area contributed by atoms with Crippen LogP contribution in [0.15, 0.2) is 61.2 Å². The Balaban J connectivity index is 2.08. The van der Waals surface area contributed by atoms with E-state index in [1.165, 1.54) is 16.9 Å². The van der Waals surface area contributed by atoms with E-state index in [1.54, 1.807) is 17.4 Å². The van der Waals surface area contributed by atoms with Crippen LogP contribution in [0, 0.1) is 17.0 Å². The maximum Gasteiger partial charge on any atom is 0.333 e. The Morgan fingerprint density at radius 1 is 1.08 bits per heavy atom. The summed E-state index contributed by atoms with van der Waals surface area (Å²) in [7, 11) is 0. The van der Waals surface area contributed by atoms with Gasteiger partial charge in [-0.3, -0.25) is 10.1 Å². The second kappa shape index (κ2) is 6.52. The van der Waals surface area contributed by atoms with Crippen molar-refractivity contribution in [3.63, 3.8) is 0 Å². The van der Waals surface area contributed by atoms with Gasteiger partial charge in [-0.2, -0.15) is 0 Å². The van der Waals surface area contributed by atoms with Gasteiger partial charge in [0, 0.05) is 25.2 Å². The average Bonchev–Trinajstić information content (AvgIpc) is 3.18. The van der Waals surface area contributed by atoms with Crippen LogP contribution in [0.5, 0.6) is 0 Å². The van der Waals surface area contributed by atoms with Crippen LogP contribution in [-0.4, -0.2) is 4.92 Å².